The van der Waals surface area contributed by atoms with Gasteiger partial charge in [-0.25, -0.2) is 0 Å². The van der Waals surface area contributed by atoms with Gasteiger partial charge in [0.25, 0.3) is 0 Å². The molecular weight excluding hydrogens is 222 g/mol. The Kier molecular flexibility index (Phi) is 3.75. The van der Waals surface area contributed by atoms with Crippen molar-refractivity contribution in [3.8, 4) is 5.75 Å². The van der Waals surface area contributed by atoms with Gasteiger partial charge in [-0.15, -0.1) is 0 Å². The lowest BCUT2D eigenvalue weighted by Crippen LogP contribution is -2.11. The molecule has 0 saturated heterocycles. The van der Waals surface area contributed by atoms with Crippen molar-refractivity contribution in [2.75, 3.05) is 6.61 Å². The van der Waals surface area contributed by atoms with Gasteiger partial charge in [0.1, 0.15) is 12.4 Å². The van der Waals surface area contributed by atoms with Gasteiger partial charge < -0.3 is 9.30 Å². The lowest BCUT2D eigenvalue weighted by Gasteiger charge is -2.13. The number of hydrogen-bond donors (Lipinski definition) is 0. The third-order valence-corrected chi connectivity index (χ3v) is 3.54. The van der Waals surface area contributed by atoms with E-state index in [0.717, 1.165) is 12.3 Å². The van der Waals surface area contributed by atoms with Gasteiger partial charge in [-0.2, -0.15) is 0 Å². The van der Waals surface area contributed by atoms with Crippen LogP contribution in [-0.4, -0.2) is 11.2 Å². The fourth-order valence-corrected chi connectivity index (χ4v) is 2.18. The molecule has 0 amide bonds. The predicted molar refractivity (Wildman–Crippen MR) is 75.3 cm³/mol. The molecule has 96 valence electrons. The summed E-state index contributed by atoms with van der Waals surface area (Å²) in [5, 5.41) is 0. The van der Waals surface area contributed by atoms with E-state index in [0.29, 0.717) is 6.61 Å². The molecule has 0 radical (unpaired) electrons. The normalized spacial score (nSPS) is 10.7. The zero-order chi connectivity index (χ0) is 13.1. The maximum atomic E-state index is 5.88. The molecule has 2 aromatic rings. The average molecular weight is 243 g/mol. The van der Waals surface area contributed by atoms with E-state index in [2.05, 4.69) is 50.5 Å². The smallest absolute Gasteiger partial charge is 0.122 e. The van der Waals surface area contributed by atoms with E-state index in [1.165, 1.54) is 22.5 Å². The van der Waals surface area contributed by atoms with E-state index >= 15 is 0 Å². The zero-order valence-corrected chi connectivity index (χ0v) is 11.7. The summed E-state index contributed by atoms with van der Waals surface area (Å²) in [6.07, 6.45) is 0. The molecule has 0 spiro atoms. The number of aryl methyl sites for hydroxylation is 3. The molecule has 0 atom stereocenters. The molecule has 1 heterocycles. The zero-order valence-electron chi connectivity index (χ0n) is 11.7. The summed E-state index contributed by atoms with van der Waals surface area (Å²) in [6.45, 7) is 10.1. The Morgan fingerprint density at radius 1 is 0.944 bits per heavy atom. The molecule has 0 bridgehead atoms. The Morgan fingerprint density at radius 3 is 2.28 bits per heavy atom. The van der Waals surface area contributed by atoms with Crippen LogP contribution in [0.15, 0.2) is 30.3 Å². The first-order chi connectivity index (χ1) is 8.59. The molecule has 2 heteroatoms. The van der Waals surface area contributed by atoms with E-state index in [1.54, 1.807) is 0 Å². The minimum absolute atomic E-state index is 0.709. The Bertz CT molecular complexity index is 521. The largest absolute Gasteiger partial charge is 0.491 e. The Hall–Kier alpha value is -1.70. The van der Waals surface area contributed by atoms with E-state index in [4.69, 9.17) is 4.74 Å². The number of rotatable bonds is 4. The number of aromatic nitrogens is 1. The fraction of sp³-hybridized carbons (Fsp3) is 0.375. The van der Waals surface area contributed by atoms with Crippen molar-refractivity contribution in [3.63, 3.8) is 0 Å². The van der Waals surface area contributed by atoms with E-state index in [1.807, 2.05) is 12.1 Å². The third-order valence-electron chi connectivity index (χ3n) is 3.54. The monoisotopic (exact) mass is 243 g/mol. The van der Waals surface area contributed by atoms with Crippen molar-refractivity contribution in [1.29, 1.82) is 0 Å². The van der Waals surface area contributed by atoms with Gasteiger partial charge >= 0.3 is 0 Å². The quantitative estimate of drug-likeness (QED) is 0.796. The molecule has 2 rings (SSSR count). The fourth-order valence-electron chi connectivity index (χ4n) is 2.18. The standard InChI is InChI=1S/C16H21NO/c1-12-6-5-7-16(15(12)4)18-11-10-17-13(2)8-9-14(17)3/h5-9H,10-11H2,1-4H3. The molecule has 0 aliphatic heterocycles. The lowest BCUT2D eigenvalue weighted by molar-refractivity contribution is 0.294. The summed E-state index contributed by atoms with van der Waals surface area (Å²) in [5.41, 5.74) is 5.09. The Labute approximate surface area is 109 Å². The minimum atomic E-state index is 0.709. The van der Waals surface area contributed by atoms with Crippen molar-refractivity contribution in [3.05, 3.63) is 52.8 Å². The molecule has 0 fully saturated rings. The van der Waals surface area contributed by atoms with E-state index < -0.39 is 0 Å². The van der Waals surface area contributed by atoms with Crippen LogP contribution in [0.25, 0.3) is 0 Å². The number of hydrogen-bond acceptors (Lipinski definition) is 1. The summed E-state index contributed by atoms with van der Waals surface area (Å²) in [6, 6.07) is 10.5. The maximum absolute atomic E-state index is 5.88. The highest BCUT2D eigenvalue weighted by atomic mass is 16.5. The molecule has 0 aliphatic rings. The Balaban J connectivity index is 1.99. The maximum Gasteiger partial charge on any atom is 0.122 e. The van der Waals surface area contributed by atoms with Gasteiger partial charge in [0, 0.05) is 11.4 Å². The van der Waals surface area contributed by atoms with Gasteiger partial charge in [-0.1, -0.05) is 12.1 Å². The molecule has 1 aromatic carbocycles. The highest BCUT2D eigenvalue weighted by Crippen LogP contribution is 2.20. The molecule has 1 aromatic heterocycles. The molecule has 0 aliphatic carbocycles. The van der Waals surface area contributed by atoms with Crippen LogP contribution < -0.4 is 4.74 Å². The highest BCUT2D eigenvalue weighted by molar-refractivity contribution is 5.38. The van der Waals surface area contributed by atoms with Crippen LogP contribution in [0.2, 0.25) is 0 Å². The minimum Gasteiger partial charge on any atom is -0.491 e. The number of ether oxygens (including phenoxy) is 1. The highest BCUT2D eigenvalue weighted by Gasteiger charge is 2.03. The second kappa shape index (κ2) is 5.30. The van der Waals surface area contributed by atoms with Crippen molar-refractivity contribution in [2.45, 2.75) is 34.2 Å². The molecule has 18 heavy (non-hydrogen) atoms. The van der Waals surface area contributed by atoms with Gasteiger partial charge in [0.2, 0.25) is 0 Å². The summed E-state index contributed by atoms with van der Waals surface area (Å²) >= 11 is 0. The second-order valence-electron chi connectivity index (χ2n) is 4.81. The predicted octanol–water partition coefficient (Wildman–Crippen LogP) is 3.80. The number of nitrogens with zero attached hydrogens (tertiary/aromatic N) is 1. The lowest BCUT2D eigenvalue weighted by atomic mass is 10.1. The SMILES string of the molecule is Cc1cccc(OCCn2c(C)ccc2C)c1C. The van der Waals surface area contributed by atoms with Crippen LogP contribution in [0.5, 0.6) is 5.75 Å². The Morgan fingerprint density at radius 2 is 1.61 bits per heavy atom. The van der Waals surface area contributed by atoms with Crippen LogP contribution in [0.1, 0.15) is 22.5 Å². The number of benzene rings is 1. The van der Waals surface area contributed by atoms with Crippen LogP contribution in [-0.2, 0) is 6.54 Å². The van der Waals surface area contributed by atoms with E-state index in [9.17, 15) is 0 Å². The molecule has 0 N–H and O–H groups in total. The van der Waals surface area contributed by atoms with Gasteiger partial charge in [-0.05, 0) is 57.0 Å². The topological polar surface area (TPSA) is 14.2 Å². The molecule has 0 unspecified atom stereocenters. The van der Waals surface area contributed by atoms with Crippen molar-refractivity contribution < 1.29 is 4.74 Å². The van der Waals surface area contributed by atoms with Crippen molar-refractivity contribution >= 4 is 0 Å². The van der Waals surface area contributed by atoms with Crippen LogP contribution in [0, 0.1) is 27.7 Å². The van der Waals surface area contributed by atoms with Crippen molar-refractivity contribution in [1.82, 2.24) is 4.57 Å². The van der Waals surface area contributed by atoms with Crippen molar-refractivity contribution in [2.24, 2.45) is 0 Å². The molecule has 0 saturated carbocycles. The van der Waals surface area contributed by atoms with Gasteiger partial charge in [0.15, 0.2) is 0 Å². The molecular formula is C16H21NO. The van der Waals surface area contributed by atoms with Crippen LogP contribution in [0.3, 0.4) is 0 Å². The summed E-state index contributed by atoms with van der Waals surface area (Å²) < 4.78 is 8.16. The summed E-state index contributed by atoms with van der Waals surface area (Å²) in [4.78, 5) is 0. The molecule has 2 nitrogen and oxygen atoms in total. The van der Waals surface area contributed by atoms with E-state index in [-0.39, 0.29) is 0 Å². The first kappa shape index (κ1) is 12.7. The van der Waals surface area contributed by atoms with Crippen LogP contribution >= 0.6 is 0 Å². The average Bonchev–Trinajstić information content (AvgIpc) is 2.66. The third kappa shape index (κ3) is 2.58. The summed E-state index contributed by atoms with van der Waals surface area (Å²) in [5.74, 6) is 0.998. The first-order valence-electron chi connectivity index (χ1n) is 6.41. The second-order valence-corrected chi connectivity index (χ2v) is 4.81. The van der Waals surface area contributed by atoms with Gasteiger partial charge in [-0.3, -0.25) is 0 Å². The first-order valence-corrected chi connectivity index (χ1v) is 6.41. The van der Waals surface area contributed by atoms with Gasteiger partial charge in [0.05, 0.1) is 6.54 Å². The summed E-state index contributed by atoms with van der Waals surface area (Å²) in [7, 11) is 0. The van der Waals surface area contributed by atoms with Crippen LogP contribution in [0.4, 0.5) is 0 Å².